The monoisotopic (exact) mass is 488 g/mol. The van der Waals surface area contributed by atoms with Crippen molar-refractivity contribution in [3.63, 3.8) is 0 Å². The zero-order chi connectivity index (χ0) is 24.7. The van der Waals surface area contributed by atoms with Gasteiger partial charge in [0, 0.05) is 11.6 Å². The number of benzene rings is 1. The number of nitro benzene ring substituents is 1. The Hall–Kier alpha value is -2.91. The summed E-state index contributed by atoms with van der Waals surface area (Å²) in [5.74, 6) is -0.115. The van der Waals surface area contributed by atoms with E-state index < -0.39 is 10.9 Å². The number of aliphatic hydroxyl groups is 1. The van der Waals surface area contributed by atoms with Crippen LogP contribution in [0.15, 0.2) is 24.3 Å². The first-order chi connectivity index (χ1) is 16.4. The Morgan fingerprint density at radius 3 is 2.71 bits per heavy atom. The maximum atomic E-state index is 12.1. The van der Waals surface area contributed by atoms with Gasteiger partial charge in [-0.15, -0.1) is 11.3 Å². The fourth-order valence-electron chi connectivity index (χ4n) is 4.25. The highest BCUT2D eigenvalue weighted by molar-refractivity contribution is 7.21. The van der Waals surface area contributed by atoms with Crippen molar-refractivity contribution in [1.29, 1.82) is 0 Å². The fraction of sp³-hybridized carbons (Fsp3) is 0.480. The van der Waals surface area contributed by atoms with Gasteiger partial charge in [-0.2, -0.15) is 0 Å². The number of nitro groups is 1. The number of hydrogen-bond donors (Lipinski definition) is 2. The first-order valence-corrected chi connectivity index (χ1v) is 12.5. The Bertz CT molecular complexity index is 1140. The molecule has 0 aliphatic rings. The molecule has 3 aromatic rings. The highest BCUT2D eigenvalue weighted by atomic mass is 32.1. The topological polar surface area (TPSA) is 115 Å². The van der Waals surface area contributed by atoms with E-state index in [1.807, 2.05) is 0 Å². The van der Waals surface area contributed by atoms with Crippen LogP contribution >= 0.6 is 11.3 Å². The number of methoxy groups -OCH3 is 1. The number of rotatable bonds is 13. The molecule has 0 saturated carbocycles. The highest BCUT2D eigenvalue weighted by Gasteiger charge is 2.27. The Morgan fingerprint density at radius 1 is 1.26 bits per heavy atom. The van der Waals surface area contributed by atoms with Crippen LogP contribution in [0, 0.1) is 10.1 Å². The number of esters is 1. The van der Waals surface area contributed by atoms with Crippen molar-refractivity contribution in [2.24, 2.45) is 0 Å². The van der Waals surface area contributed by atoms with E-state index in [0.29, 0.717) is 10.4 Å². The van der Waals surface area contributed by atoms with E-state index in [1.165, 1.54) is 43.8 Å². The summed E-state index contributed by atoms with van der Waals surface area (Å²) in [7, 11) is 1.36. The first kappa shape index (κ1) is 25.7. The molecule has 0 fully saturated rings. The summed E-state index contributed by atoms with van der Waals surface area (Å²) in [6, 6.07) is 6.58. The molecule has 0 amide bonds. The van der Waals surface area contributed by atoms with Crippen LogP contribution in [-0.2, 0) is 4.74 Å². The Morgan fingerprint density at radius 2 is 2.03 bits per heavy atom. The molecule has 0 aliphatic heterocycles. The molecule has 1 aromatic carbocycles. The maximum Gasteiger partial charge on any atom is 0.348 e. The third kappa shape index (κ3) is 5.59. The second-order valence-corrected chi connectivity index (χ2v) is 9.40. The van der Waals surface area contributed by atoms with Gasteiger partial charge in [0.2, 0.25) is 5.75 Å². The third-order valence-electron chi connectivity index (χ3n) is 5.92. The SMILES string of the molecule is CCCCCCCC(C)c1c(-c2cccc([N+](=O)[O-])c2OCCO)[nH]c2cc(C(=O)OC)sc12. The number of hydrogen-bond acceptors (Lipinski definition) is 7. The number of unbranched alkanes of at least 4 members (excludes halogenated alkanes) is 4. The maximum absolute atomic E-state index is 12.1. The van der Waals surface area contributed by atoms with E-state index in [0.717, 1.165) is 40.7 Å². The molecular weight excluding hydrogens is 456 g/mol. The molecular formula is C25H32N2O6S. The average Bonchev–Trinajstić information content (AvgIpc) is 3.39. The molecule has 3 rings (SSSR count). The summed E-state index contributed by atoms with van der Waals surface area (Å²) >= 11 is 1.36. The van der Waals surface area contributed by atoms with Gasteiger partial charge in [0.05, 0.1) is 34.6 Å². The van der Waals surface area contributed by atoms with Crippen molar-refractivity contribution in [2.75, 3.05) is 20.3 Å². The number of nitrogens with one attached hydrogen (secondary N) is 1. The largest absolute Gasteiger partial charge is 0.484 e. The number of fused-ring (bicyclic) bond motifs is 1. The molecule has 0 saturated heterocycles. The number of H-pyrrole nitrogens is 1. The number of aromatic amines is 1. The number of aliphatic hydroxyl groups excluding tert-OH is 1. The van der Waals surface area contributed by atoms with E-state index in [1.54, 1.807) is 18.2 Å². The Labute approximate surface area is 203 Å². The zero-order valence-corrected chi connectivity index (χ0v) is 20.7. The predicted octanol–water partition coefficient (Wildman–Crippen LogP) is 6.43. The van der Waals surface area contributed by atoms with Gasteiger partial charge in [-0.1, -0.05) is 52.0 Å². The molecule has 0 spiro atoms. The van der Waals surface area contributed by atoms with Crippen molar-refractivity contribution in [1.82, 2.24) is 4.98 Å². The summed E-state index contributed by atoms with van der Waals surface area (Å²) < 4.78 is 11.5. The van der Waals surface area contributed by atoms with Gasteiger partial charge in [-0.25, -0.2) is 4.79 Å². The van der Waals surface area contributed by atoms with E-state index in [4.69, 9.17) is 9.47 Å². The summed E-state index contributed by atoms with van der Waals surface area (Å²) in [6.45, 7) is 4.03. The summed E-state index contributed by atoms with van der Waals surface area (Å²) in [6.07, 6.45) is 6.80. The number of carbonyl (C=O) groups is 1. The number of ether oxygens (including phenoxy) is 2. The van der Waals surface area contributed by atoms with Crippen molar-refractivity contribution in [3.05, 3.63) is 44.8 Å². The number of aromatic nitrogens is 1. The lowest BCUT2D eigenvalue weighted by atomic mass is 9.92. The van der Waals surface area contributed by atoms with E-state index in [-0.39, 0.29) is 30.6 Å². The van der Waals surface area contributed by atoms with Crippen LogP contribution in [0.1, 0.15) is 73.5 Å². The zero-order valence-electron chi connectivity index (χ0n) is 19.9. The van der Waals surface area contributed by atoms with Gasteiger partial charge in [-0.05, 0) is 30.0 Å². The molecule has 2 N–H and O–H groups in total. The van der Waals surface area contributed by atoms with Crippen molar-refractivity contribution >= 4 is 33.2 Å². The van der Waals surface area contributed by atoms with Crippen molar-refractivity contribution in [3.8, 4) is 17.0 Å². The fourth-order valence-corrected chi connectivity index (χ4v) is 5.44. The summed E-state index contributed by atoms with van der Waals surface area (Å²) in [4.78, 5) is 27.2. The van der Waals surface area contributed by atoms with Gasteiger partial charge in [-0.3, -0.25) is 10.1 Å². The average molecular weight is 489 g/mol. The molecule has 9 heteroatoms. The quantitative estimate of drug-likeness (QED) is 0.124. The minimum atomic E-state index is -0.478. The summed E-state index contributed by atoms with van der Waals surface area (Å²) in [5.41, 5.74) is 2.96. The molecule has 0 radical (unpaired) electrons. The molecule has 2 aromatic heterocycles. The molecule has 2 heterocycles. The standard InChI is InChI=1S/C25H32N2O6S/c1-4-5-6-7-8-10-16(2)21-22(26-18-15-20(25(29)32-3)34-24(18)21)17-11-9-12-19(27(30)31)23(17)33-14-13-28/h9,11-12,15-16,26,28H,4-8,10,13-14H2,1-3H3. The Kier molecular flexibility index (Phi) is 9.06. The number of para-hydroxylation sites is 1. The van der Waals surface area contributed by atoms with E-state index in [9.17, 15) is 20.0 Å². The van der Waals surface area contributed by atoms with Crippen LogP contribution < -0.4 is 4.74 Å². The lowest BCUT2D eigenvalue weighted by Crippen LogP contribution is -2.06. The van der Waals surface area contributed by atoms with Crippen molar-refractivity contribution in [2.45, 2.75) is 58.3 Å². The van der Waals surface area contributed by atoms with Crippen LogP contribution in [0.25, 0.3) is 21.5 Å². The minimum Gasteiger partial charge on any atom is -0.484 e. The third-order valence-corrected chi connectivity index (χ3v) is 7.07. The lowest BCUT2D eigenvalue weighted by Gasteiger charge is -2.16. The van der Waals surface area contributed by atoms with Crippen LogP contribution in [0.2, 0.25) is 0 Å². The molecule has 184 valence electrons. The molecule has 1 atom stereocenters. The van der Waals surface area contributed by atoms with Gasteiger partial charge >= 0.3 is 11.7 Å². The van der Waals surface area contributed by atoms with Gasteiger partial charge in [0.25, 0.3) is 0 Å². The molecule has 1 unspecified atom stereocenters. The first-order valence-electron chi connectivity index (χ1n) is 11.7. The molecule has 0 bridgehead atoms. The van der Waals surface area contributed by atoms with Crippen LogP contribution in [0.3, 0.4) is 0 Å². The Balaban J connectivity index is 2.11. The number of thiophene rings is 1. The normalized spacial score (nSPS) is 12.1. The molecule has 34 heavy (non-hydrogen) atoms. The smallest absolute Gasteiger partial charge is 0.348 e. The van der Waals surface area contributed by atoms with Crippen LogP contribution in [0.4, 0.5) is 5.69 Å². The van der Waals surface area contributed by atoms with Gasteiger partial charge in [0.15, 0.2) is 0 Å². The van der Waals surface area contributed by atoms with Crippen LogP contribution in [-0.4, -0.2) is 41.3 Å². The minimum absolute atomic E-state index is 0.0538. The lowest BCUT2D eigenvalue weighted by molar-refractivity contribution is -0.385. The number of carbonyl (C=O) groups excluding carboxylic acids is 1. The molecule has 0 aliphatic carbocycles. The number of nitrogens with zero attached hydrogens (tertiary/aromatic N) is 1. The second-order valence-electron chi connectivity index (χ2n) is 8.35. The highest BCUT2D eigenvalue weighted by Crippen LogP contribution is 2.46. The second kappa shape index (κ2) is 12.0. The predicted molar refractivity (Wildman–Crippen MR) is 134 cm³/mol. The summed E-state index contributed by atoms with van der Waals surface area (Å²) in [5, 5.41) is 21.0. The van der Waals surface area contributed by atoms with Crippen LogP contribution in [0.5, 0.6) is 5.75 Å². The van der Waals surface area contributed by atoms with E-state index >= 15 is 0 Å². The molecule has 8 nitrogen and oxygen atoms in total. The van der Waals surface area contributed by atoms with E-state index in [2.05, 4.69) is 18.8 Å². The van der Waals surface area contributed by atoms with Crippen molar-refractivity contribution < 1.29 is 24.3 Å². The van der Waals surface area contributed by atoms with Gasteiger partial charge < -0.3 is 19.6 Å². The van der Waals surface area contributed by atoms with Gasteiger partial charge in [0.1, 0.15) is 11.5 Å².